The van der Waals surface area contributed by atoms with E-state index in [0.717, 1.165) is 16.5 Å². The molecular formula is C28H27N7O4. The maximum Gasteiger partial charge on any atom is 0.253 e. The molecule has 1 unspecified atom stereocenters. The number of aromatic amines is 1. The lowest BCUT2D eigenvalue weighted by atomic mass is 10.0. The van der Waals surface area contributed by atoms with E-state index >= 15 is 0 Å². The second kappa shape index (κ2) is 11.0. The number of benzene rings is 2. The highest BCUT2D eigenvalue weighted by Crippen LogP contribution is 2.36. The molecule has 1 aliphatic rings. The standard InChI is InChI=1S/C28H27N7O4/c1-37-11-10-35-27(31-32-33-35)26(22-12-21-13-24-25(39-18-38-24)14-23(21)30-28(22)36)34(16-19-6-3-2-4-7-19)17-20-8-5-9-29-15-20/h2-9,12-15,26H,10-11,16-18H2,1H3,(H,30,36). The van der Waals surface area contributed by atoms with Gasteiger partial charge in [-0.1, -0.05) is 36.4 Å². The number of pyridine rings is 2. The highest BCUT2D eigenvalue weighted by Gasteiger charge is 2.31. The molecule has 39 heavy (non-hydrogen) atoms. The number of hydrogen-bond donors (Lipinski definition) is 1. The minimum absolute atomic E-state index is 0.148. The number of methoxy groups -OCH3 is 1. The van der Waals surface area contributed by atoms with Crippen LogP contribution in [-0.4, -0.2) is 55.6 Å². The summed E-state index contributed by atoms with van der Waals surface area (Å²) in [4.78, 5) is 23.3. The molecule has 1 atom stereocenters. The van der Waals surface area contributed by atoms with E-state index < -0.39 is 6.04 Å². The van der Waals surface area contributed by atoms with E-state index in [-0.39, 0.29) is 12.4 Å². The third kappa shape index (κ3) is 5.22. The van der Waals surface area contributed by atoms with Crippen LogP contribution in [0.1, 0.15) is 28.6 Å². The number of ether oxygens (including phenoxy) is 3. The predicted molar refractivity (Wildman–Crippen MR) is 142 cm³/mol. The second-order valence-corrected chi connectivity index (χ2v) is 9.25. The first kappa shape index (κ1) is 24.7. The number of nitrogens with one attached hydrogen (secondary N) is 1. The van der Waals surface area contributed by atoms with Crippen molar-refractivity contribution in [3.05, 3.63) is 106 Å². The molecule has 3 aromatic heterocycles. The first-order chi connectivity index (χ1) is 19.2. The van der Waals surface area contributed by atoms with Gasteiger partial charge in [0.25, 0.3) is 5.56 Å². The fraction of sp³-hybridized carbons (Fsp3) is 0.250. The quantitative estimate of drug-likeness (QED) is 0.293. The molecule has 11 nitrogen and oxygen atoms in total. The number of rotatable bonds is 10. The van der Waals surface area contributed by atoms with Crippen molar-refractivity contribution in [2.45, 2.75) is 25.7 Å². The third-order valence-electron chi connectivity index (χ3n) is 6.67. The van der Waals surface area contributed by atoms with Gasteiger partial charge < -0.3 is 19.2 Å². The molecule has 6 rings (SSSR count). The van der Waals surface area contributed by atoms with Gasteiger partial charge in [0.05, 0.1) is 18.7 Å². The van der Waals surface area contributed by atoms with Crippen molar-refractivity contribution in [2.24, 2.45) is 0 Å². The summed E-state index contributed by atoms with van der Waals surface area (Å²) in [6.07, 6.45) is 3.57. The van der Waals surface area contributed by atoms with E-state index in [9.17, 15) is 4.79 Å². The van der Waals surface area contributed by atoms with Crippen molar-refractivity contribution in [3.8, 4) is 11.5 Å². The zero-order valence-electron chi connectivity index (χ0n) is 21.4. The van der Waals surface area contributed by atoms with Gasteiger partial charge in [-0.15, -0.1) is 5.10 Å². The number of fused-ring (bicyclic) bond motifs is 2. The number of H-pyrrole nitrogens is 1. The molecule has 2 aromatic carbocycles. The van der Waals surface area contributed by atoms with Crippen LogP contribution in [0.3, 0.4) is 0 Å². The SMILES string of the molecule is COCCn1nnnc1C(c1cc2cc3c(cc2[nH]c1=O)OCO3)N(Cc1ccccc1)Cc1cccnc1. The van der Waals surface area contributed by atoms with Gasteiger partial charge in [0.2, 0.25) is 6.79 Å². The summed E-state index contributed by atoms with van der Waals surface area (Å²) in [6.45, 7) is 2.05. The molecule has 0 saturated carbocycles. The lowest BCUT2D eigenvalue weighted by Crippen LogP contribution is -2.35. The van der Waals surface area contributed by atoms with Gasteiger partial charge >= 0.3 is 0 Å². The van der Waals surface area contributed by atoms with Gasteiger partial charge in [-0.25, -0.2) is 4.68 Å². The number of nitrogens with zero attached hydrogens (tertiary/aromatic N) is 6. The highest BCUT2D eigenvalue weighted by atomic mass is 16.7. The number of tetrazole rings is 1. The molecule has 0 aliphatic carbocycles. The van der Waals surface area contributed by atoms with Crippen LogP contribution in [0, 0.1) is 0 Å². The van der Waals surface area contributed by atoms with Gasteiger partial charge in [-0.05, 0) is 39.8 Å². The smallest absolute Gasteiger partial charge is 0.253 e. The largest absolute Gasteiger partial charge is 0.454 e. The monoisotopic (exact) mass is 525 g/mol. The molecule has 0 spiro atoms. The van der Waals surface area contributed by atoms with E-state index in [1.54, 1.807) is 24.1 Å². The average molecular weight is 526 g/mol. The predicted octanol–water partition coefficient (Wildman–Crippen LogP) is 3.08. The normalized spacial score (nSPS) is 13.3. The van der Waals surface area contributed by atoms with Crippen LogP contribution in [0.25, 0.3) is 10.9 Å². The van der Waals surface area contributed by atoms with Gasteiger partial charge in [-0.3, -0.25) is 14.7 Å². The van der Waals surface area contributed by atoms with E-state index in [1.165, 1.54) is 0 Å². The summed E-state index contributed by atoms with van der Waals surface area (Å²) in [5.74, 6) is 1.78. The van der Waals surface area contributed by atoms with E-state index in [1.807, 2.05) is 48.7 Å². The van der Waals surface area contributed by atoms with E-state index in [0.29, 0.717) is 54.6 Å². The van der Waals surface area contributed by atoms with Crippen LogP contribution in [0.2, 0.25) is 0 Å². The van der Waals surface area contributed by atoms with Crippen LogP contribution < -0.4 is 15.0 Å². The van der Waals surface area contributed by atoms with Gasteiger partial charge in [0.1, 0.15) is 6.04 Å². The fourth-order valence-electron chi connectivity index (χ4n) is 4.84. The zero-order chi connectivity index (χ0) is 26.6. The molecular weight excluding hydrogens is 498 g/mol. The Labute approximate surface area is 224 Å². The second-order valence-electron chi connectivity index (χ2n) is 9.25. The Kier molecular flexibility index (Phi) is 6.98. The minimum Gasteiger partial charge on any atom is -0.454 e. The molecule has 4 heterocycles. The van der Waals surface area contributed by atoms with E-state index in [4.69, 9.17) is 14.2 Å². The Morgan fingerprint density at radius 2 is 1.85 bits per heavy atom. The Balaban J connectivity index is 1.52. The fourth-order valence-corrected chi connectivity index (χ4v) is 4.84. The average Bonchev–Trinajstić information content (AvgIpc) is 3.61. The summed E-state index contributed by atoms with van der Waals surface area (Å²) in [6, 6.07) is 19.0. The van der Waals surface area contributed by atoms with Crippen LogP contribution >= 0.6 is 0 Å². The van der Waals surface area contributed by atoms with Crippen LogP contribution in [0.5, 0.6) is 11.5 Å². The Morgan fingerprint density at radius 3 is 2.64 bits per heavy atom. The summed E-state index contributed by atoms with van der Waals surface area (Å²) in [5, 5.41) is 13.4. The van der Waals surface area contributed by atoms with E-state index in [2.05, 4.69) is 42.5 Å². The summed E-state index contributed by atoms with van der Waals surface area (Å²) in [7, 11) is 1.63. The van der Waals surface area contributed by atoms with Crippen LogP contribution in [0.15, 0.2) is 77.9 Å². The van der Waals surface area contributed by atoms with Crippen molar-refractivity contribution < 1.29 is 14.2 Å². The lowest BCUT2D eigenvalue weighted by molar-refractivity contribution is 0.169. The summed E-state index contributed by atoms with van der Waals surface area (Å²) in [5.41, 5.74) is 3.01. The third-order valence-corrected chi connectivity index (χ3v) is 6.67. The molecule has 11 heteroatoms. The van der Waals surface area contributed by atoms with Crippen LogP contribution in [0.4, 0.5) is 0 Å². The first-order valence-electron chi connectivity index (χ1n) is 12.6. The van der Waals surface area contributed by atoms with Crippen molar-refractivity contribution in [1.29, 1.82) is 0 Å². The molecule has 0 bridgehead atoms. The first-order valence-corrected chi connectivity index (χ1v) is 12.6. The zero-order valence-corrected chi connectivity index (χ0v) is 21.4. The van der Waals surface area contributed by atoms with Crippen molar-refractivity contribution in [2.75, 3.05) is 20.5 Å². The molecule has 0 radical (unpaired) electrons. The maximum atomic E-state index is 13.7. The number of hydrogen-bond acceptors (Lipinski definition) is 9. The molecule has 0 fully saturated rings. The Morgan fingerprint density at radius 1 is 1.05 bits per heavy atom. The van der Waals surface area contributed by atoms with Gasteiger partial charge in [0, 0.05) is 49.6 Å². The molecule has 198 valence electrons. The Bertz CT molecular complexity index is 1580. The molecule has 1 N–H and O–H groups in total. The van der Waals surface area contributed by atoms with Crippen molar-refractivity contribution in [1.82, 2.24) is 35.1 Å². The minimum atomic E-state index is -0.587. The van der Waals surface area contributed by atoms with Crippen molar-refractivity contribution in [3.63, 3.8) is 0 Å². The molecule has 0 amide bonds. The van der Waals surface area contributed by atoms with Gasteiger partial charge in [0.15, 0.2) is 17.3 Å². The molecule has 1 aliphatic heterocycles. The summed E-state index contributed by atoms with van der Waals surface area (Å²) >= 11 is 0. The van der Waals surface area contributed by atoms with Crippen LogP contribution in [-0.2, 0) is 24.4 Å². The highest BCUT2D eigenvalue weighted by molar-refractivity contribution is 5.83. The maximum absolute atomic E-state index is 13.7. The molecule has 0 saturated heterocycles. The van der Waals surface area contributed by atoms with Gasteiger partial charge in [-0.2, -0.15) is 0 Å². The molecule has 5 aromatic rings. The number of aromatic nitrogens is 6. The van der Waals surface area contributed by atoms with Crippen molar-refractivity contribution >= 4 is 10.9 Å². The lowest BCUT2D eigenvalue weighted by Gasteiger charge is -2.31. The summed E-state index contributed by atoms with van der Waals surface area (Å²) < 4.78 is 18.1. The Hall–Kier alpha value is -4.61. The topological polar surface area (TPSA) is 120 Å².